The molecule has 7 heteroatoms. The maximum atomic E-state index is 12.5. The third-order valence-corrected chi connectivity index (χ3v) is 5.66. The zero-order valence-corrected chi connectivity index (χ0v) is 16.3. The molecule has 1 aliphatic carbocycles. The molecule has 0 heterocycles. The van der Waals surface area contributed by atoms with Gasteiger partial charge in [-0.25, -0.2) is 5.01 Å². The van der Waals surface area contributed by atoms with Crippen molar-refractivity contribution in [3.63, 3.8) is 0 Å². The summed E-state index contributed by atoms with van der Waals surface area (Å²) in [7, 11) is 0. The predicted molar refractivity (Wildman–Crippen MR) is 100 cm³/mol. The van der Waals surface area contributed by atoms with Crippen molar-refractivity contribution in [1.29, 1.82) is 21.0 Å². The highest BCUT2D eigenvalue weighted by Crippen LogP contribution is 2.61. The number of nitrogens with zero attached hydrogens (tertiary/aromatic N) is 6. The standard InChI is InChI=1S/C21H22N6O/c1-4-26(5-2)27(16(3)28)19-11-18(17-9-7-6-8-10-17)20(12-22,13-23)21(19,14-24)15-25/h6-10,18-19H,4-5,11H2,1-3H3/t18-,19+/m1/s1. The summed E-state index contributed by atoms with van der Waals surface area (Å²) in [6, 6.07) is 16.0. The second-order valence-electron chi connectivity index (χ2n) is 6.78. The first-order chi connectivity index (χ1) is 13.4. The molecule has 0 unspecified atom stereocenters. The third kappa shape index (κ3) is 2.78. The predicted octanol–water partition coefficient (Wildman–Crippen LogP) is 2.71. The van der Waals surface area contributed by atoms with Gasteiger partial charge in [0.05, 0.1) is 30.3 Å². The maximum Gasteiger partial charge on any atom is 0.234 e. The van der Waals surface area contributed by atoms with E-state index in [2.05, 4.69) is 0 Å². The van der Waals surface area contributed by atoms with Crippen molar-refractivity contribution >= 4 is 5.91 Å². The van der Waals surface area contributed by atoms with Gasteiger partial charge in [-0.05, 0) is 12.0 Å². The highest BCUT2D eigenvalue weighted by molar-refractivity contribution is 5.74. The van der Waals surface area contributed by atoms with Gasteiger partial charge < -0.3 is 0 Å². The lowest BCUT2D eigenvalue weighted by Crippen LogP contribution is -2.57. The molecule has 142 valence electrons. The number of nitriles is 4. The Morgan fingerprint density at radius 2 is 1.50 bits per heavy atom. The Bertz CT molecular complexity index is 866. The van der Waals surface area contributed by atoms with Gasteiger partial charge in [0.1, 0.15) is 0 Å². The number of hydrazine groups is 1. The Labute approximate surface area is 165 Å². The molecular weight excluding hydrogens is 352 g/mol. The highest BCUT2D eigenvalue weighted by Gasteiger charge is 2.71. The monoisotopic (exact) mass is 374 g/mol. The molecule has 1 saturated carbocycles. The molecule has 1 aromatic rings. The Balaban J connectivity index is 2.80. The molecule has 2 rings (SSSR count). The maximum absolute atomic E-state index is 12.5. The topological polar surface area (TPSA) is 119 Å². The molecule has 0 spiro atoms. The molecule has 0 N–H and O–H groups in total. The lowest BCUT2D eigenvalue weighted by Gasteiger charge is -2.41. The van der Waals surface area contributed by atoms with Crippen LogP contribution in [0.4, 0.5) is 0 Å². The minimum atomic E-state index is -1.98. The Morgan fingerprint density at radius 1 is 1.00 bits per heavy atom. The Hall–Kier alpha value is -3.39. The van der Waals surface area contributed by atoms with Crippen molar-refractivity contribution in [2.75, 3.05) is 13.1 Å². The number of hydrogen-bond acceptors (Lipinski definition) is 6. The molecule has 28 heavy (non-hydrogen) atoms. The summed E-state index contributed by atoms with van der Waals surface area (Å²) >= 11 is 0. The molecule has 2 atom stereocenters. The van der Waals surface area contributed by atoms with Gasteiger partial charge in [-0.2, -0.15) is 21.0 Å². The van der Waals surface area contributed by atoms with E-state index in [1.165, 1.54) is 11.9 Å². The van der Waals surface area contributed by atoms with Crippen LogP contribution in [0, 0.1) is 56.2 Å². The lowest BCUT2D eigenvalue weighted by atomic mass is 9.63. The summed E-state index contributed by atoms with van der Waals surface area (Å²) in [5.74, 6) is -1.01. The van der Waals surface area contributed by atoms with Crippen LogP contribution in [-0.2, 0) is 4.79 Å². The van der Waals surface area contributed by atoms with Crippen molar-refractivity contribution in [3.8, 4) is 24.3 Å². The first-order valence-electron chi connectivity index (χ1n) is 9.17. The van der Waals surface area contributed by atoms with Crippen LogP contribution in [-0.4, -0.2) is 35.1 Å². The van der Waals surface area contributed by atoms with E-state index < -0.39 is 22.8 Å². The van der Waals surface area contributed by atoms with Crippen LogP contribution in [0.5, 0.6) is 0 Å². The largest absolute Gasteiger partial charge is 0.274 e. The van der Waals surface area contributed by atoms with Crippen molar-refractivity contribution < 1.29 is 4.79 Å². The highest BCUT2D eigenvalue weighted by atomic mass is 16.2. The van der Waals surface area contributed by atoms with Crippen LogP contribution in [0.25, 0.3) is 0 Å². The molecule has 0 bridgehead atoms. The average molecular weight is 374 g/mol. The smallest absolute Gasteiger partial charge is 0.234 e. The third-order valence-electron chi connectivity index (χ3n) is 5.66. The fourth-order valence-corrected chi connectivity index (χ4v) is 4.32. The van der Waals surface area contributed by atoms with E-state index in [1.54, 1.807) is 29.3 Å². The molecule has 0 aromatic heterocycles. The first-order valence-corrected chi connectivity index (χ1v) is 9.17. The van der Waals surface area contributed by atoms with Crippen LogP contribution in [0.2, 0.25) is 0 Å². The van der Waals surface area contributed by atoms with E-state index in [0.29, 0.717) is 18.7 Å². The second kappa shape index (κ2) is 8.10. The van der Waals surface area contributed by atoms with E-state index in [4.69, 9.17) is 0 Å². The minimum absolute atomic E-state index is 0.169. The molecule has 1 aromatic carbocycles. The molecule has 1 fully saturated rings. The van der Waals surface area contributed by atoms with Gasteiger partial charge in [0.25, 0.3) is 0 Å². The summed E-state index contributed by atoms with van der Waals surface area (Å²) in [5, 5.41) is 43.4. The van der Waals surface area contributed by atoms with Crippen LogP contribution in [0.15, 0.2) is 30.3 Å². The molecule has 1 amide bonds. The quantitative estimate of drug-likeness (QED) is 0.731. The number of carbonyl (C=O) groups is 1. The summed E-state index contributed by atoms with van der Waals surface area (Å²) in [6.45, 7) is 6.08. The van der Waals surface area contributed by atoms with Crippen molar-refractivity contribution in [2.45, 2.75) is 39.2 Å². The van der Waals surface area contributed by atoms with Crippen LogP contribution >= 0.6 is 0 Å². The van der Waals surface area contributed by atoms with Gasteiger partial charge in [-0.1, -0.05) is 44.2 Å². The van der Waals surface area contributed by atoms with Crippen LogP contribution in [0.3, 0.4) is 0 Å². The number of amides is 1. The van der Waals surface area contributed by atoms with E-state index in [1.807, 2.05) is 44.2 Å². The summed E-state index contributed by atoms with van der Waals surface area (Å²) in [6.07, 6.45) is 0.169. The number of carbonyl (C=O) groups excluding carboxylic acids is 1. The van der Waals surface area contributed by atoms with E-state index >= 15 is 0 Å². The fourth-order valence-electron chi connectivity index (χ4n) is 4.32. The molecule has 7 nitrogen and oxygen atoms in total. The molecular formula is C21H22N6O. The van der Waals surface area contributed by atoms with Gasteiger partial charge in [0, 0.05) is 25.9 Å². The van der Waals surface area contributed by atoms with Gasteiger partial charge in [-0.3, -0.25) is 9.80 Å². The SMILES string of the molecule is CCN(CC)N(C(C)=O)[C@H]1C[C@H](c2ccccc2)C(C#N)(C#N)C1(C#N)C#N. The summed E-state index contributed by atoms with van der Waals surface area (Å²) in [4.78, 5) is 12.5. The molecule has 0 radical (unpaired) electrons. The Morgan fingerprint density at radius 3 is 1.89 bits per heavy atom. The second-order valence-corrected chi connectivity index (χ2v) is 6.78. The first kappa shape index (κ1) is 20.9. The van der Waals surface area contributed by atoms with Gasteiger partial charge >= 0.3 is 0 Å². The summed E-state index contributed by atoms with van der Waals surface area (Å²) < 4.78 is 0. The number of rotatable bonds is 5. The van der Waals surface area contributed by atoms with Crippen molar-refractivity contribution in [1.82, 2.24) is 10.0 Å². The minimum Gasteiger partial charge on any atom is -0.274 e. The average Bonchev–Trinajstić information content (AvgIpc) is 3.02. The lowest BCUT2D eigenvalue weighted by molar-refractivity contribution is -0.155. The molecule has 0 saturated heterocycles. The van der Waals surface area contributed by atoms with Crippen molar-refractivity contribution in [3.05, 3.63) is 35.9 Å². The van der Waals surface area contributed by atoms with Gasteiger partial charge in [-0.15, -0.1) is 0 Å². The molecule has 0 aliphatic heterocycles. The normalized spacial score (nSPS) is 21.7. The Kier molecular flexibility index (Phi) is 6.05. The zero-order chi connectivity index (χ0) is 20.9. The fraction of sp³-hybridized carbons (Fsp3) is 0.476. The van der Waals surface area contributed by atoms with E-state index in [9.17, 15) is 25.8 Å². The van der Waals surface area contributed by atoms with Crippen molar-refractivity contribution in [2.24, 2.45) is 10.8 Å². The van der Waals surface area contributed by atoms with Gasteiger partial charge in [0.15, 0.2) is 10.8 Å². The van der Waals surface area contributed by atoms with Crippen LogP contribution < -0.4 is 0 Å². The summed E-state index contributed by atoms with van der Waals surface area (Å²) in [5.41, 5.74) is -3.18. The van der Waals surface area contributed by atoms with E-state index in [0.717, 1.165) is 0 Å². The van der Waals surface area contributed by atoms with Crippen LogP contribution in [0.1, 0.15) is 38.7 Å². The van der Waals surface area contributed by atoms with E-state index in [-0.39, 0.29) is 12.3 Å². The number of hydrogen-bond donors (Lipinski definition) is 0. The molecule has 1 aliphatic rings. The van der Waals surface area contributed by atoms with Gasteiger partial charge in [0.2, 0.25) is 5.91 Å². The zero-order valence-electron chi connectivity index (χ0n) is 16.3. The number of benzene rings is 1.